The molecule has 0 aromatic carbocycles. The molecule has 5 heavy (non-hydrogen) atoms. The molecular weight excluding hydrogens is 125 g/mol. The quantitative estimate of drug-likeness (QED) is 0.248. The molecule has 0 aliphatic carbocycles. The van der Waals surface area contributed by atoms with E-state index in [1.54, 1.807) is 0 Å². The maximum Gasteiger partial charge on any atom is 0 e. The van der Waals surface area contributed by atoms with Gasteiger partial charge in [0.1, 0.15) is 0 Å². The average Bonchev–Trinajstić information content (AvgIpc) is 1.37. The summed E-state index contributed by atoms with van der Waals surface area (Å²) in [7, 11) is 0. The maximum atomic E-state index is 8.87. The Balaban J connectivity index is 0. The van der Waals surface area contributed by atoms with Crippen molar-refractivity contribution in [2.75, 3.05) is 0 Å². The molecule has 0 aromatic heterocycles. The Hall–Kier alpha value is -0.137. The van der Waals surface area contributed by atoms with Gasteiger partial charge in [-0.1, -0.05) is 0 Å². The zero-order chi connectivity index (χ0) is 3.41. The van der Waals surface area contributed by atoms with E-state index in [2.05, 4.69) is 6.92 Å². The normalized spacial score (nSPS) is 3.20. The van der Waals surface area contributed by atoms with Crippen molar-refractivity contribution in [3.05, 3.63) is 13.0 Å². The standard InChI is InChI=1S/C3H2O.Ge/c1-2-3-4;/h1-2H;/q-1;. The molecule has 0 fully saturated rings. The number of hydrogen-bond acceptors (Lipinski definition) is 1. The average molecular weight is 127 g/mol. The molecule has 0 saturated carbocycles. The predicted octanol–water partition coefficient (Wildman–Crippen LogP) is -0.296. The third-order valence-electron chi connectivity index (χ3n) is 0.0680. The molecule has 0 aliphatic heterocycles. The Morgan fingerprint density at radius 1 is 1.80 bits per heavy atom. The van der Waals surface area contributed by atoms with E-state index in [1.807, 2.05) is 0 Å². The van der Waals surface area contributed by atoms with Crippen molar-refractivity contribution in [1.29, 1.82) is 0 Å². The fourth-order valence-corrected chi connectivity index (χ4v) is 0. The van der Waals surface area contributed by atoms with Gasteiger partial charge >= 0.3 is 0 Å². The van der Waals surface area contributed by atoms with Crippen LogP contribution in [0.2, 0.25) is 0 Å². The summed E-state index contributed by atoms with van der Waals surface area (Å²) in [6.07, 6.45) is 0.819. The number of allylic oxidation sites excluding steroid dienone is 1. The SMILES string of the molecule is [CH-]C=C=O.[Ge]. The molecule has 0 rings (SSSR count). The van der Waals surface area contributed by atoms with E-state index >= 15 is 0 Å². The monoisotopic (exact) mass is 128 g/mol. The minimum atomic E-state index is 0. The van der Waals surface area contributed by atoms with E-state index in [4.69, 9.17) is 4.79 Å². The van der Waals surface area contributed by atoms with Gasteiger partial charge in [0.2, 0.25) is 0 Å². The van der Waals surface area contributed by atoms with Crippen LogP contribution >= 0.6 is 0 Å². The molecule has 5 radical (unpaired) electrons. The van der Waals surface area contributed by atoms with Crippen molar-refractivity contribution in [3.63, 3.8) is 0 Å². The molecule has 0 bridgehead atoms. The van der Waals surface area contributed by atoms with Crippen molar-refractivity contribution < 1.29 is 4.79 Å². The largest absolute Gasteiger partial charge is 0.365 e. The van der Waals surface area contributed by atoms with Crippen LogP contribution in [0.15, 0.2) is 6.08 Å². The van der Waals surface area contributed by atoms with E-state index in [0.29, 0.717) is 0 Å². The molecule has 0 N–H and O–H groups in total. The van der Waals surface area contributed by atoms with Gasteiger partial charge < -0.3 is 4.79 Å². The van der Waals surface area contributed by atoms with Crippen molar-refractivity contribution in [3.8, 4) is 0 Å². The first-order chi connectivity index (χ1) is 1.91. The van der Waals surface area contributed by atoms with Crippen LogP contribution in [0.3, 0.4) is 0 Å². The molecule has 25 valence electrons. The van der Waals surface area contributed by atoms with E-state index in [-0.39, 0.29) is 17.6 Å². The fraction of sp³-hybridized carbons (Fsp3) is 0. The minimum absolute atomic E-state index is 0. The van der Waals surface area contributed by atoms with Crippen LogP contribution in [0.4, 0.5) is 0 Å². The minimum Gasteiger partial charge on any atom is -0.365 e. The summed E-state index contributed by atoms with van der Waals surface area (Å²) in [5.41, 5.74) is 0. The Kier molecular flexibility index (Phi) is 16.2. The molecule has 2 heteroatoms. The maximum absolute atomic E-state index is 8.87. The predicted molar refractivity (Wildman–Crippen MR) is 20.3 cm³/mol. The van der Waals surface area contributed by atoms with Crippen LogP contribution < -0.4 is 0 Å². The molecule has 0 unspecified atom stereocenters. The van der Waals surface area contributed by atoms with Crippen LogP contribution in [-0.2, 0) is 4.79 Å². The van der Waals surface area contributed by atoms with Crippen molar-refractivity contribution in [1.82, 2.24) is 0 Å². The topological polar surface area (TPSA) is 17.1 Å². The molecule has 0 saturated heterocycles. The smallest absolute Gasteiger partial charge is 0 e. The van der Waals surface area contributed by atoms with Gasteiger partial charge in [0, 0.05) is 17.6 Å². The summed E-state index contributed by atoms with van der Waals surface area (Å²) in [4.78, 5) is 8.87. The van der Waals surface area contributed by atoms with Crippen molar-refractivity contribution >= 4 is 23.5 Å². The molecule has 0 amide bonds. The molecule has 0 heterocycles. The summed E-state index contributed by atoms with van der Waals surface area (Å²) in [5.74, 6) is 1.33. The molecule has 0 atom stereocenters. The fourth-order valence-electron chi connectivity index (χ4n) is 0. The van der Waals surface area contributed by atoms with Gasteiger partial charge in [0.15, 0.2) is 0 Å². The van der Waals surface area contributed by atoms with E-state index in [0.717, 1.165) is 6.08 Å². The third kappa shape index (κ3) is 18.0. The number of rotatable bonds is 0. The number of hydrogen-bond donors (Lipinski definition) is 0. The van der Waals surface area contributed by atoms with Gasteiger partial charge in [-0.05, 0) is 0 Å². The van der Waals surface area contributed by atoms with E-state index in [9.17, 15) is 0 Å². The molecule has 0 aliphatic rings. The summed E-state index contributed by atoms with van der Waals surface area (Å²) in [5, 5.41) is 0. The van der Waals surface area contributed by atoms with Crippen LogP contribution in [0.5, 0.6) is 0 Å². The van der Waals surface area contributed by atoms with Crippen LogP contribution in [0.25, 0.3) is 0 Å². The molecule has 1 nitrogen and oxygen atoms in total. The van der Waals surface area contributed by atoms with Gasteiger partial charge in [-0.3, -0.25) is 6.92 Å². The van der Waals surface area contributed by atoms with E-state index in [1.165, 1.54) is 5.94 Å². The molecule has 0 aromatic rings. The van der Waals surface area contributed by atoms with E-state index < -0.39 is 0 Å². The van der Waals surface area contributed by atoms with Gasteiger partial charge in [0.05, 0.1) is 0 Å². The second-order valence-corrected chi connectivity index (χ2v) is 0.285. The first-order valence-corrected chi connectivity index (χ1v) is 0.826. The third-order valence-corrected chi connectivity index (χ3v) is 0.0680. The van der Waals surface area contributed by atoms with Crippen LogP contribution in [0, 0.1) is 6.92 Å². The van der Waals surface area contributed by atoms with Crippen molar-refractivity contribution in [2.45, 2.75) is 0 Å². The van der Waals surface area contributed by atoms with Gasteiger partial charge in [-0.25, -0.2) is 0 Å². The van der Waals surface area contributed by atoms with Crippen LogP contribution in [0.1, 0.15) is 0 Å². The molecular formula is C3H2GeO-. The summed E-state index contributed by atoms with van der Waals surface area (Å²) in [6.45, 7) is 4.48. The van der Waals surface area contributed by atoms with Gasteiger partial charge in [0.25, 0.3) is 0 Å². The first-order valence-electron chi connectivity index (χ1n) is 0.826. The Morgan fingerprint density at radius 3 is 2.00 bits per heavy atom. The summed E-state index contributed by atoms with van der Waals surface area (Å²) < 4.78 is 0. The zero-order valence-corrected chi connectivity index (χ0v) is 4.66. The Morgan fingerprint density at radius 2 is 2.00 bits per heavy atom. The first kappa shape index (κ1) is 8.85. The molecule has 0 spiro atoms. The summed E-state index contributed by atoms with van der Waals surface area (Å²) in [6, 6.07) is 0. The van der Waals surface area contributed by atoms with Crippen LogP contribution in [-0.4, -0.2) is 23.5 Å². The summed E-state index contributed by atoms with van der Waals surface area (Å²) >= 11 is 0. The Bertz CT molecular complexity index is 44.9. The number of carbonyl (C=O) groups excluding carboxylic acids is 1. The van der Waals surface area contributed by atoms with Gasteiger partial charge in [-0.15, -0.1) is 5.94 Å². The zero-order valence-electron chi connectivity index (χ0n) is 2.56. The van der Waals surface area contributed by atoms with Gasteiger partial charge in [-0.2, -0.15) is 6.08 Å². The Labute approximate surface area is 42.0 Å². The second-order valence-electron chi connectivity index (χ2n) is 0.285. The second kappa shape index (κ2) is 9.12. The van der Waals surface area contributed by atoms with Crippen molar-refractivity contribution in [2.24, 2.45) is 0 Å².